The number of rotatable bonds is 4. The van der Waals surface area contributed by atoms with Crippen molar-refractivity contribution in [3.05, 3.63) is 46.0 Å². The van der Waals surface area contributed by atoms with Gasteiger partial charge < -0.3 is 5.32 Å². The summed E-state index contributed by atoms with van der Waals surface area (Å²) in [5, 5.41) is 6.60. The molecule has 1 amide bonds. The van der Waals surface area contributed by atoms with E-state index in [4.69, 9.17) is 0 Å². The SMILES string of the molecule is CCc1nnsc1C(=O)NC(C)c1ccc(C(F)(F)F)cc1. The van der Waals surface area contributed by atoms with Crippen LogP contribution < -0.4 is 5.32 Å². The summed E-state index contributed by atoms with van der Waals surface area (Å²) in [6.07, 6.45) is -3.77. The number of hydrogen-bond acceptors (Lipinski definition) is 4. The standard InChI is InChI=1S/C14H14F3N3OS/c1-3-11-12(22-20-19-11)13(21)18-8(2)9-4-6-10(7-5-9)14(15,16)17/h4-8H,3H2,1-2H3,(H,18,21). The summed E-state index contributed by atoms with van der Waals surface area (Å²) in [7, 11) is 0. The van der Waals surface area contributed by atoms with E-state index in [9.17, 15) is 18.0 Å². The maximum Gasteiger partial charge on any atom is 0.416 e. The molecule has 22 heavy (non-hydrogen) atoms. The van der Waals surface area contributed by atoms with E-state index in [1.807, 2.05) is 6.92 Å². The summed E-state index contributed by atoms with van der Waals surface area (Å²) in [6, 6.07) is 4.31. The van der Waals surface area contributed by atoms with Crippen LogP contribution in [0.4, 0.5) is 13.2 Å². The number of carbonyl (C=O) groups excluding carboxylic acids is 1. The Bertz CT molecular complexity index is 652. The van der Waals surface area contributed by atoms with Gasteiger partial charge in [0.15, 0.2) is 0 Å². The molecule has 0 spiro atoms. The van der Waals surface area contributed by atoms with Crippen molar-refractivity contribution < 1.29 is 18.0 Å². The topological polar surface area (TPSA) is 54.9 Å². The molecule has 1 atom stereocenters. The highest BCUT2D eigenvalue weighted by Crippen LogP contribution is 2.30. The van der Waals surface area contributed by atoms with Crippen LogP contribution in [0.25, 0.3) is 0 Å². The van der Waals surface area contributed by atoms with Crippen molar-refractivity contribution in [2.45, 2.75) is 32.5 Å². The van der Waals surface area contributed by atoms with Gasteiger partial charge in [0.1, 0.15) is 4.88 Å². The smallest absolute Gasteiger partial charge is 0.345 e. The van der Waals surface area contributed by atoms with Crippen LogP contribution in [0.5, 0.6) is 0 Å². The monoisotopic (exact) mass is 329 g/mol. The van der Waals surface area contributed by atoms with Gasteiger partial charge in [-0.05, 0) is 42.6 Å². The van der Waals surface area contributed by atoms with Gasteiger partial charge in [-0.25, -0.2) is 0 Å². The highest BCUT2D eigenvalue weighted by molar-refractivity contribution is 7.08. The third kappa shape index (κ3) is 3.62. The molecule has 8 heteroatoms. The molecule has 1 unspecified atom stereocenters. The van der Waals surface area contributed by atoms with E-state index in [2.05, 4.69) is 14.9 Å². The number of aryl methyl sites for hydroxylation is 1. The first-order valence-corrected chi connectivity index (χ1v) is 7.39. The molecule has 1 N–H and O–H groups in total. The van der Waals surface area contributed by atoms with E-state index < -0.39 is 17.8 Å². The van der Waals surface area contributed by atoms with Gasteiger partial charge in [0.2, 0.25) is 0 Å². The second-order valence-corrected chi connectivity index (χ2v) is 5.47. The fourth-order valence-electron chi connectivity index (χ4n) is 1.92. The Balaban J connectivity index is 2.09. The Morgan fingerprint density at radius 2 is 1.95 bits per heavy atom. The molecule has 1 aromatic carbocycles. The first-order chi connectivity index (χ1) is 10.3. The van der Waals surface area contributed by atoms with Gasteiger partial charge in [0, 0.05) is 0 Å². The van der Waals surface area contributed by atoms with Gasteiger partial charge in [-0.3, -0.25) is 4.79 Å². The molecule has 2 aromatic rings. The van der Waals surface area contributed by atoms with Crippen molar-refractivity contribution in [2.24, 2.45) is 0 Å². The molecule has 0 saturated carbocycles. The minimum atomic E-state index is -4.37. The predicted molar refractivity (Wildman–Crippen MR) is 76.6 cm³/mol. The lowest BCUT2D eigenvalue weighted by atomic mass is 10.1. The minimum Gasteiger partial charge on any atom is -0.345 e. The fraction of sp³-hybridized carbons (Fsp3) is 0.357. The zero-order valence-electron chi connectivity index (χ0n) is 11.9. The molecular weight excluding hydrogens is 315 g/mol. The van der Waals surface area contributed by atoms with Gasteiger partial charge in [0.05, 0.1) is 17.3 Å². The number of nitrogens with zero attached hydrogens (tertiary/aromatic N) is 2. The first kappa shape index (κ1) is 16.4. The minimum absolute atomic E-state index is 0.320. The molecule has 118 valence electrons. The maximum atomic E-state index is 12.5. The highest BCUT2D eigenvalue weighted by atomic mass is 32.1. The average Bonchev–Trinajstić information content (AvgIpc) is 2.95. The Hall–Kier alpha value is -1.96. The summed E-state index contributed by atoms with van der Waals surface area (Å²) >= 11 is 1.00. The molecular formula is C14H14F3N3OS. The average molecular weight is 329 g/mol. The van der Waals surface area contributed by atoms with E-state index in [-0.39, 0.29) is 5.91 Å². The molecule has 0 saturated heterocycles. The number of halogens is 3. The van der Waals surface area contributed by atoms with Crippen molar-refractivity contribution in [1.82, 2.24) is 14.9 Å². The Kier molecular flexibility index (Phi) is 4.80. The molecule has 4 nitrogen and oxygen atoms in total. The van der Waals surface area contributed by atoms with Crippen molar-refractivity contribution in [2.75, 3.05) is 0 Å². The summed E-state index contributed by atoms with van der Waals surface area (Å²) in [5.41, 5.74) is 0.494. The number of nitrogens with one attached hydrogen (secondary N) is 1. The third-order valence-electron chi connectivity index (χ3n) is 3.18. The normalized spacial score (nSPS) is 13.0. The molecule has 0 aliphatic carbocycles. The Labute approximate surface area is 129 Å². The van der Waals surface area contributed by atoms with Crippen molar-refractivity contribution in [3.8, 4) is 0 Å². The highest BCUT2D eigenvalue weighted by Gasteiger charge is 2.30. The number of amides is 1. The predicted octanol–water partition coefficient (Wildman–Crippen LogP) is 3.61. The molecule has 1 heterocycles. The Morgan fingerprint density at radius 1 is 1.32 bits per heavy atom. The van der Waals surface area contributed by atoms with Crippen LogP contribution in [0.2, 0.25) is 0 Å². The van der Waals surface area contributed by atoms with Crippen molar-refractivity contribution in [1.29, 1.82) is 0 Å². The van der Waals surface area contributed by atoms with Crippen LogP contribution >= 0.6 is 11.5 Å². The van der Waals surface area contributed by atoms with Gasteiger partial charge >= 0.3 is 6.18 Å². The molecule has 0 fully saturated rings. The first-order valence-electron chi connectivity index (χ1n) is 6.62. The zero-order chi connectivity index (χ0) is 16.3. The molecule has 0 aliphatic rings. The fourth-order valence-corrected chi connectivity index (χ4v) is 2.57. The lowest BCUT2D eigenvalue weighted by Crippen LogP contribution is -2.26. The number of benzene rings is 1. The maximum absolute atomic E-state index is 12.5. The molecule has 2 rings (SSSR count). The second-order valence-electron chi connectivity index (χ2n) is 4.72. The van der Waals surface area contributed by atoms with Crippen LogP contribution in [0.1, 0.15) is 46.4 Å². The second kappa shape index (κ2) is 6.43. The van der Waals surface area contributed by atoms with Gasteiger partial charge in [0.25, 0.3) is 5.91 Å². The number of carbonyl (C=O) groups is 1. The van der Waals surface area contributed by atoms with Crippen molar-refractivity contribution in [3.63, 3.8) is 0 Å². The summed E-state index contributed by atoms with van der Waals surface area (Å²) in [4.78, 5) is 12.6. The lowest BCUT2D eigenvalue weighted by molar-refractivity contribution is -0.137. The van der Waals surface area contributed by atoms with Crippen LogP contribution in [0.3, 0.4) is 0 Å². The van der Waals surface area contributed by atoms with Crippen molar-refractivity contribution >= 4 is 17.4 Å². The van der Waals surface area contributed by atoms with Crippen LogP contribution in [0, 0.1) is 0 Å². The molecule has 1 aromatic heterocycles. The van der Waals surface area contributed by atoms with Gasteiger partial charge in [-0.2, -0.15) is 13.2 Å². The Morgan fingerprint density at radius 3 is 2.50 bits per heavy atom. The molecule has 0 bridgehead atoms. The van der Waals surface area contributed by atoms with Crippen LogP contribution in [-0.2, 0) is 12.6 Å². The molecule has 0 radical (unpaired) electrons. The number of hydrogen-bond donors (Lipinski definition) is 1. The van der Waals surface area contributed by atoms with E-state index >= 15 is 0 Å². The van der Waals surface area contributed by atoms with E-state index in [0.29, 0.717) is 22.6 Å². The van der Waals surface area contributed by atoms with E-state index in [0.717, 1.165) is 23.7 Å². The molecule has 0 aliphatic heterocycles. The van der Waals surface area contributed by atoms with Gasteiger partial charge in [-0.15, -0.1) is 5.10 Å². The van der Waals surface area contributed by atoms with E-state index in [1.165, 1.54) is 12.1 Å². The summed E-state index contributed by atoms with van der Waals surface area (Å²) in [5.74, 6) is -0.320. The van der Waals surface area contributed by atoms with Gasteiger partial charge in [-0.1, -0.05) is 23.5 Å². The lowest BCUT2D eigenvalue weighted by Gasteiger charge is -2.15. The quantitative estimate of drug-likeness (QED) is 0.932. The summed E-state index contributed by atoms with van der Waals surface area (Å²) in [6.45, 7) is 3.58. The third-order valence-corrected chi connectivity index (χ3v) is 3.95. The zero-order valence-corrected chi connectivity index (χ0v) is 12.8. The number of alkyl halides is 3. The largest absolute Gasteiger partial charge is 0.416 e. The van der Waals surface area contributed by atoms with E-state index in [1.54, 1.807) is 6.92 Å². The van der Waals surface area contributed by atoms with Crippen LogP contribution in [-0.4, -0.2) is 15.5 Å². The van der Waals surface area contributed by atoms with Crippen LogP contribution in [0.15, 0.2) is 24.3 Å². The number of aromatic nitrogens is 2. The summed E-state index contributed by atoms with van der Waals surface area (Å²) < 4.78 is 41.3.